The average molecular weight is 358 g/mol. The lowest BCUT2D eigenvalue weighted by molar-refractivity contribution is 0.271. The number of benzene rings is 2. The molecule has 0 radical (unpaired) electrons. The maximum absolute atomic E-state index is 11.4. The molecular formula is C17H18N4O3S. The Morgan fingerprint density at radius 2 is 1.80 bits per heavy atom. The fourth-order valence-electron chi connectivity index (χ4n) is 2.54. The van der Waals surface area contributed by atoms with Crippen LogP contribution in [0.25, 0.3) is 5.69 Å². The highest BCUT2D eigenvalue weighted by atomic mass is 32.2. The molecule has 3 N–H and O–H groups in total. The second-order valence-corrected chi connectivity index (χ2v) is 7.22. The van der Waals surface area contributed by atoms with Crippen molar-refractivity contribution < 1.29 is 13.5 Å². The van der Waals surface area contributed by atoms with Crippen LogP contribution in [0, 0.1) is 6.92 Å². The summed E-state index contributed by atoms with van der Waals surface area (Å²) in [5.41, 5.74) is 2.87. The number of primary sulfonamides is 1. The number of hydrogen-bond donors (Lipinski definition) is 2. The Bertz CT molecular complexity index is 995. The quantitative estimate of drug-likeness (QED) is 0.714. The van der Waals surface area contributed by atoms with Crippen molar-refractivity contribution in [1.82, 2.24) is 14.8 Å². The first-order valence-electron chi connectivity index (χ1n) is 7.62. The van der Waals surface area contributed by atoms with Gasteiger partial charge in [0.2, 0.25) is 10.0 Å². The van der Waals surface area contributed by atoms with E-state index >= 15 is 0 Å². The highest BCUT2D eigenvalue weighted by Gasteiger charge is 2.14. The number of rotatable bonds is 5. The van der Waals surface area contributed by atoms with Crippen LogP contribution in [0.2, 0.25) is 0 Å². The summed E-state index contributed by atoms with van der Waals surface area (Å²) in [6.45, 7) is 1.74. The van der Waals surface area contributed by atoms with Crippen molar-refractivity contribution in [1.29, 1.82) is 0 Å². The van der Waals surface area contributed by atoms with Gasteiger partial charge in [-0.1, -0.05) is 24.3 Å². The van der Waals surface area contributed by atoms with E-state index < -0.39 is 10.0 Å². The smallest absolute Gasteiger partial charge is 0.238 e. The first-order valence-corrected chi connectivity index (χ1v) is 9.16. The number of nitrogens with two attached hydrogens (primary N) is 1. The van der Waals surface area contributed by atoms with Gasteiger partial charge in [-0.15, -0.1) is 5.10 Å². The van der Waals surface area contributed by atoms with Crippen LogP contribution in [0.1, 0.15) is 22.8 Å². The summed E-state index contributed by atoms with van der Waals surface area (Å²) in [5, 5.41) is 18.8. The van der Waals surface area contributed by atoms with Crippen LogP contribution in [0.3, 0.4) is 0 Å². The third-order valence-corrected chi connectivity index (χ3v) is 4.81. The lowest BCUT2D eigenvalue weighted by Gasteiger charge is -2.08. The molecule has 0 aliphatic rings. The van der Waals surface area contributed by atoms with Gasteiger partial charge in [-0.25, -0.2) is 23.2 Å². The van der Waals surface area contributed by atoms with Gasteiger partial charge in [0, 0.05) is 6.42 Å². The van der Waals surface area contributed by atoms with Gasteiger partial charge >= 0.3 is 0 Å². The van der Waals surface area contributed by atoms with Crippen molar-refractivity contribution >= 4 is 10.0 Å². The molecule has 2 aromatic carbocycles. The maximum atomic E-state index is 11.4. The molecule has 1 aromatic heterocycles. The summed E-state index contributed by atoms with van der Waals surface area (Å²) in [6, 6.07) is 14.0. The minimum absolute atomic E-state index is 0.0270. The second kappa shape index (κ2) is 6.75. The number of hydrogen-bond acceptors (Lipinski definition) is 5. The third kappa shape index (κ3) is 3.76. The van der Waals surface area contributed by atoms with Crippen LogP contribution in [-0.4, -0.2) is 28.3 Å². The van der Waals surface area contributed by atoms with Gasteiger partial charge in [0.25, 0.3) is 0 Å². The van der Waals surface area contributed by atoms with Gasteiger partial charge in [0.1, 0.15) is 12.4 Å². The van der Waals surface area contributed by atoms with E-state index in [0.717, 1.165) is 11.1 Å². The van der Waals surface area contributed by atoms with Gasteiger partial charge in [-0.3, -0.25) is 0 Å². The number of aryl methyl sites for hydroxylation is 1. The Morgan fingerprint density at radius 1 is 1.12 bits per heavy atom. The predicted molar refractivity (Wildman–Crippen MR) is 92.6 cm³/mol. The predicted octanol–water partition coefficient (Wildman–Crippen LogP) is 1.31. The molecule has 0 aliphatic heterocycles. The molecule has 7 nitrogen and oxygen atoms in total. The van der Waals surface area contributed by atoms with Gasteiger partial charge in [0.15, 0.2) is 5.82 Å². The molecule has 3 aromatic rings. The Morgan fingerprint density at radius 3 is 2.40 bits per heavy atom. The number of aromatic nitrogens is 3. The number of nitrogens with zero attached hydrogens (tertiary/aromatic N) is 3. The monoisotopic (exact) mass is 358 g/mol. The number of aliphatic hydroxyl groups is 1. The van der Waals surface area contributed by atoms with E-state index in [1.807, 2.05) is 31.2 Å². The molecule has 0 unspecified atom stereocenters. The highest BCUT2D eigenvalue weighted by Crippen LogP contribution is 2.18. The van der Waals surface area contributed by atoms with Crippen LogP contribution in [0.5, 0.6) is 0 Å². The lowest BCUT2D eigenvalue weighted by atomic mass is 10.1. The topological polar surface area (TPSA) is 111 Å². The van der Waals surface area contributed by atoms with Crippen molar-refractivity contribution in [2.75, 3.05) is 0 Å². The molecule has 0 bridgehead atoms. The molecule has 0 spiro atoms. The molecular weight excluding hydrogens is 340 g/mol. The third-order valence-electron chi connectivity index (χ3n) is 3.88. The van der Waals surface area contributed by atoms with Crippen LogP contribution in [0.4, 0.5) is 0 Å². The molecule has 8 heteroatoms. The lowest BCUT2D eigenvalue weighted by Crippen LogP contribution is -2.12. The summed E-state index contributed by atoms with van der Waals surface area (Å²) >= 11 is 0. The van der Waals surface area contributed by atoms with E-state index in [2.05, 4.69) is 10.1 Å². The zero-order valence-corrected chi connectivity index (χ0v) is 14.4. The van der Waals surface area contributed by atoms with E-state index in [9.17, 15) is 13.5 Å². The molecule has 0 saturated carbocycles. The largest absolute Gasteiger partial charge is 0.388 e. The number of aliphatic hydroxyl groups excluding tert-OH is 1. The Hall–Kier alpha value is -2.55. The second-order valence-electron chi connectivity index (χ2n) is 5.66. The summed E-state index contributed by atoms with van der Waals surface area (Å²) in [6.07, 6.45) is 0.538. The van der Waals surface area contributed by atoms with Gasteiger partial charge < -0.3 is 5.11 Å². The van der Waals surface area contributed by atoms with Crippen LogP contribution < -0.4 is 5.14 Å². The molecule has 1 heterocycles. The molecule has 0 saturated heterocycles. The fourth-order valence-corrected chi connectivity index (χ4v) is 3.05. The number of sulfonamides is 1. The Labute approximate surface area is 145 Å². The molecule has 130 valence electrons. The molecule has 0 atom stereocenters. The van der Waals surface area contributed by atoms with E-state index in [0.29, 0.717) is 23.8 Å². The first-order chi connectivity index (χ1) is 11.9. The molecule has 3 rings (SSSR count). The van der Waals surface area contributed by atoms with E-state index in [1.165, 1.54) is 12.1 Å². The zero-order chi connectivity index (χ0) is 18.0. The fraction of sp³-hybridized carbons (Fsp3) is 0.176. The highest BCUT2D eigenvalue weighted by molar-refractivity contribution is 7.89. The van der Waals surface area contributed by atoms with Crippen LogP contribution in [-0.2, 0) is 23.1 Å². The van der Waals surface area contributed by atoms with Crippen LogP contribution in [0.15, 0.2) is 53.4 Å². The van der Waals surface area contributed by atoms with Crippen molar-refractivity contribution in [3.63, 3.8) is 0 Å². The molecule has 0 fully saturated rings. The summed E-state index contributed by atoms with van der Waals surface area (Å²) in [5.74, 6) is 0.959. The molecule has 0 aliphatic carbocycles. The van der Waals surface area contributed by atoms with Gasteiger partial charge in [-0.2, -0.15) is 0 Å². The average Bonchev–Trinajstić information content (AvgIpc) is 2.99. The minimum atomic E-state index is -3.75. The van der Waals surface area contributed by atoms with Crippen LogP contribution >= 0.6 is 0 Å². The zero-order valence-electron chi connectivity index (χ0n) is 13.6. The van der Waals surface area contributed by atoms with Crippen molar-refractivity contribution in [2.45, 2.75) is 24.8 Å². The molecule has 0 amide bonds. The Balaban J connectivity index is 2.01. The summed E-state index contributed by atoms with van der Waals surface area (Å²) in [7, 11) is -3.75. The van der Waals surface area contributed by atoms with Gasteiger partial charge in [0.05, 0.1) is 10.6 Å². The van der Waals surface area contributed by atoms with Crippen molar-refractivity contribution in [3.8, 4) is 5.69 Å². The SMILES string of the molecule is Cc1ccccc1Cc1nc(CO)nn1-c1ccc(S(N)(=O)=O)cc1. The summed E-state index contributed by atoms with van der Waals surface area (Å²) in [4.78, 5) is 4.40. The first kappa shape index (κ1) is 17.3. The van der Waals surface area contributed by atoms with E-state index in [4.69, 9.17) is 5.14 Å². The molecule has 25 heavy (non-hydrogen) atoms. The summed E-state index contributed by atoms with van der Waals surface area (Å²) < 4.78 is 24.4. The standard InChI is InChI=1S/C17H18N4O3S/c1-12-4-2-3-5-13(12)10-17-19-16(11-22)20-21(17)14-6-8-15(9-7-14)25(18,23)24/h2-9,22H,10-11H2,1H3,(H2,18,23,24). The van der Waals surface area contributed by atoms with E-state index in [1.54, 1.807) is 16.8 Å². The van der Waals surface area contributed by atoms with E-state index in [-0.39, 0.29) is 11.5 Å². The van der Waals surface area contributed by atoms with Crippen molar-refractivity contribution in [2.24, 2.45) is 5.14 Å². The maximum Gasteiger partial charge on any atom is 0.238 e. The van der Waals surface area contributed by atoms with Gasteiger partial charge in [-0.05, 0) is 42.3 Å². The normalized spacial score (nSPS) is 11.6. The Kier molecular flexibility index (Phi) is 4.67. The minimum Gasteiger partial charge on any atom is -0.388 e. The van der Waals surface area contributed by atoms with Crippen molar-refractivity contribution in [3.05, 3.63) is 71.3 Å².